The van der Waals surface area contributed by atoms with Gasteiger partial charge in [0.1, 0.15) is 5.75 Å². The molecule has 16 aromatic rings. The molecular formula is C131H149N9O7. The topological polar surface area (TPSA) is 195 Å². The minimum atomic E-state index is -0.778. The molecule has 0 saturated heterocycles. The predicted molar refractivity (Wildman–Crippen MR) is 602 cm³/mol. The summed E-state index contributed by atoms with van der Waals surface area (Å²) in [4.78, 5) is 64.1. The lowest BCUT2D eigenvalue weighted by Crippen LogP contribution is -2.26. The van der Waals surface area contributed by atoms with Gasteiger partial charge in [0.25, 0.3) is 23.6 Å². The largest absolute Gasteiger partial charge is 0.491 e. The van der Waals surface area contributed by atoms with Gasteiger partial charge in [-0.15, -0.1) is 0 Å². The second-order valence-electron chi connectivity index (χ2n) is 44.1. The van der Waals surface area contributed by atoms with Crippen molar-refractivity contribution in [2.45, 2.75) is 294 Å². The van der Waals surface area contributed by atoms with Crippen LogP contribution in [-0.4, -0.2) is 65.1 Å². The molecule has 16 heteroatoms. The number of carboxylic acids is 1. The Bertz CT molecular complexity index is 7540. The maximum Gasteiger partial charge on any atom is 0.306 e. The molecule has 147 heavy (non-hydrogen) atoms. The van der Waals surface area contributed by atoms with E-state index in [4.69, 9.17) is 4.74 Å². The molecule has 20 rings (SSSR count). The van der Waals surface area contributed by atoms with Crippen LogP contribution in [0.4, 0.5) is 0 Å². The molecule has 0 bridgehead atoms. The molecule has 12 aromatic carbocycles. The van der Waals surface area contributed by atoms with Crippen LogP contribution in [-0.2, 0) is 49.4 Å². The lowest BCUT2D eigenvalue weighted by molar-refractivity contribution is -0.141. The fourth-order valence-electron chi connectivity index (χ4n) is 20.7. The highest BCUT2D eigenvalue weighted by Crippen LogP contribution is 2.45. The summed E-state index contributed by atoms with van der Waals surface area (Å²) in [5, 5.41) is 30.1. The first-order valence-corrected chi connectivity index (χ1v) is 53.4. The molecule has 4 fully saturated rings. The number of carboxylic acid groups (broad SMARTS) is 1. The standard InChI is InChI=1S/C33H39N3O.C33H36N2O3.C33H38N2O.C32H36N2O2/c1-21(2)34-19-25-8-6-9-26(16-25)20-36-24(5)22(3)31-18-30(14-15-32(31)36)33(37)35-23(4)28-10-7-11-29(17-28)27-12-13-27;1-20(33(37)38)15-24-7-5-8-25(16-24)19-35-23(4)21(2)30-18-29(13-14-31(30)35)32(36)34-22(3)27-9-6-10-28(17-27)26-11-12-26;1-21-23(3)35(20-24-10-15-29(16-11-24)33(4,5)6)31-17-14-28(19-30(21)31)32(36)34-22(2)26-8-7-9-27(18-26)25-12-13-25;1-20(2)36-29-11-6-8-24(16-29)19-34-23(5)21(3)30-18-28(14-15-31(30)34)32(35)33-22(4)26-9-7-10-27(17-26)25-12-13-25/h6-11,14-18,21,23,27,34H,12-13,19-20H2,1-5H3,(H,35,37);5-10,13-14,16-18,20,22,26H,11-12,15,19H2,1-4H3,(H,34,36)(H,37,38);7-11,14-19,22,25H,12-13,20H2,1-6H3,(H,34,36);6-11,14-18,20,22,25H,12-13,19H2,1-5H3,(H,33,35)/t23-;20-,22+;2*22-/m0100/s1. The smallest absolute Gasteiger partial charge is 0.306 e. The van der Waals surface area contributed by atoms with Gasteiger partial charge in [-0.05, 0) is 374 Å². The third kappa shape index (κ3) is 25.3. The lowest BCUT2D eigenvalue weighted by Gasteiger charge is -2.19. The normalized spacial score (nSPS) is 14.5. The number of hydrogen-bond acceptors (Lipinski definition) is 7. The number of aromatic nitrogens is 4. The number of aryl methyl sites for hydroxylation is 4. The van der Waals surface area contributed by atoms with Crippen LogP contribution in [0, 0.1) is 61.3 Å². The van der Waals surface area contributed by atoms with Gasteiger partial charge < -0.3 is 54.7 Å². The Morgan fingerprint density at radius 3 is 0.912 bits per heavy atom. The number of carbonyl (C=O) groups excluding carboxylic acids is 4. The number of ether oxygens (including phenoxy) is 1. The average Bonchev–Trinajstić information content (AvgIpc) is 1.63. The quantitative estimate of drug-likeness (QED) is 0.0240. The Hall–Kier alpha value is -14.1. The van der Waals surface area contributed by atoms with E-state index >= 15 is 0 Å². The van der Waals surface area contributed by atoms with E-state index in [1.54, 1.807) is 6.92 Å². The third-order valence-corrected chi connectivity index (χ3v) is 30.9. The van der Waals surface area contributed by atoms with E-state index in [9.17, 15) is 29.1 Å². The molecule has 4 heterocycles. The second-order valence-corrected chi connectivity index (χ2v) is 44.1. The predicted octanol–water partition coefficient (Wildman–Crippen LogP) is 29.5. The van der Waals surface area contributed by atoms with E-state index in [-0.39, 0.29) is 59.3 Å². The van der Waals surface area contributed by atoms with Crippen molar-refractivity contribution in [2.24, 2.45) is 5.92 Å². The molecule has 4 saturated carbocycles. The average molecular weight is 1960 g/mol. The van der Waals surface area contributed by atoms with E-state index in [2.05, 4.69) is 356 Å². The second kappa shape index (κ2) is 45.1. The highest BCUT2D eigenvalue weighted by atomic mass is 16.5. The summed E-state index contributed by atoms with van der Waals surface area (Å²) in [6, 6.07) is 93.4. The minimum Gasteiger partial charge on any atom is -0.491 e. The zero-order chi connectivity index (χ0) is 104. The van der Waals surface area contributed by atoms with Crippen LogP contribution in [0.2, 0.25) is 0 Å². The van der Waals surface area contributed by atoms with Crippen LogP contribution in [0.1, 0.15) is 352 Å². The van der Waals surface area contributed by atoms with Crippen molar-refractivity contribution < 1.29 is 33.8 Å². The van der Waals surface area contributed by atoms with Crippen molar-refractivity contribution in [3.63, 3.8) is 0 Å². The SMILES string of the molecule is Cc1c(C)n(Cc2ccc(C(C)(C)C)cc2)c2ccc(C(=O)N[C@@H](C)c3cccc(C4CC4)c3)cc12.Cc1c(C)n(Cc2cccc(CNC(C)C)c2)c2ccc(C(=O)N[C@@H](C)c3cccc(C4CC4)c3)cc12.Cc1c(C)n(Cc2cccc(C[C@@H](C)C(=O)O)c2)c2ccc(C(=O)N[C@@H](C)c3cccc(C4CC4)c3)cc12.Cc1c(C)n(Cc2cccc(OC(C)C)c2)c2ccc(C(=O)N[C@@H](C)c3cccc(C4CC4)c3)cc12. The van der Waals surface area contributed by atoms with Crippen molar-refractivity contribution in [2.75, 3.05) is 0 Å². The van der Waals surface area contributed by atoms with Crippen LogP contribution in [0.25, 0.3) is 43.6 Å². The number of fused-ring (bicyclic) bond motifs is 4. The molecule has 0 radical (unpaired) electrons. The van der Waals surface area contributed by atoms with Crippen molar-refractivity contribution in [3.05, 3.63) is 418 Å². The highest BCUT2D eigenvalue weighted by Gasteiger charge is 2.31. The van der Waals surface area contributed by atoms with Gasteiger partial charge in [0.15, 0.2) is 0 Å². The molecule has 0 aliphatic heterocycles. The third-order valence-electron chi connectivity index (χ3n) is 30.9. The van der Waals surface area contributed by atoms with Crippen molar-refractivity contribution >= 4 is 73.2 Å². The van der Waals surface area contributed by atoms with E-state index < -0.39 is 11.9 Å². The van der Waals surface area contributed by atoms with Gasteiger partial charge in [-0.25, -0.2) is 0 Å². The fourth-order valence-corrected chi connectivity index (χ4v) is 20.7. The summed E-state index contributed by atoms with van der Waals surface area (Å²) in [7, 11) is 0. The molecule has 0 unspecified atom stereocenters. The first kappa shape index (κ1) is 104. The maximum absolute atomic E-state index is 13.2. The summed E-state index contributed by atoms with van der Waals surface area (Å²) in [5.41, 5.74) is 36.0. The number of amides is 4. The molecule has 16 nitrogen and oxygen atoms in total. The Labute approximate surface area is 870 Å². The summed E-state index contributed by atoms with van der Waals surface area (Å²) in [6.45, 7) is 46.2. The zero-order valence-corrected chi connectivity index (χ0v) is 89.8. The van der Waals surface area contributed by atoms with Crippen LogP contribution in [0.5, 0.6) is 5.75 Å². The Kier molecular flexibility index (Phi) is 32.0. The Balaban J connectivity index is 0.000000134. The number of nitrogens with zero attached hydrogens (tertiary/aromatic N) is 4. The summed E-state index contributed by atoms with van der Waals surface area (Å²) in [6.07, 6.45) is 10.9. The first-order valence-electron chi connectivity index (χ1n) is 53.4. The van der Waals surface area contributed by atoms with E-state index in [1.807, 2.05) is 87.5 Å². The minimum absolute atomic E-state index is 0.0243. The van der Waals surface area contributed by atoms with Gasteiger partial charge in [0, 0.05) is 127 Å². The summed E-state index contributed by atoms with van der Waals surface area (Å²) in [5.74, 6) is 2.35. The number of nitrogens with one attached hydrogen (secondary N) is 5. The molecular weight excluding hydrogens is 1810 g/mol. The van der Waals surface area contributed by atoms with E-state index in [0.717, 1.165) is 98.0 Å². The van der Waals surface area contributed by atoms with Gasteiger partial charge >= 0.3 is 5.97 Å². The number of carbonyl (C=O) groups is 5. The Morgan fingerprint density at radius 2 is 0.612 bits per heavy atom. The van der Waals surface area contributed by atoms with Crippen LogP contribution >= 0.6 is 0 Å². The summed E-state index contributed by atoms with van der Waals surface area (Å²) >= 11 is 0. The molecule has 4 amide bonds. The lowest BCUT2D eigenvalue weighted by atomic mass is 9.87. The van der Waals surface area contributed by atoms with Gasteiger partial charge in [-0.2, -0.15) is 0 Å². The molecule has 4 aromatic heterocycles. The Morgan fingerprint density at radius 1 is 0.327 bits per heavy atom. The molecule has 760 valence electrons. The molecule has 6 N–H and O–H groups in total. The molecule has 0 spiro atoms. The van der Waals surface area contributed by atoms with Gasteiger partial charge in [0.2, 0.25) is 0 Å². The maximum atomic E-state index is 13.2. The van der Waals surface area contributed by atoms with Crippen molar-refractivity contribution in [1.82, 2.24) is 44.9 Å². The number of benzene rings is 12. The number of hydrogen-bond donors (Lipinski definition) is 6. The molecule has 4 aliphatic rings. The van der Waals surface area contributed by atoms with Crippen molar-refractivity contribution in [1.29, 1.82) is 0 Å². The van der Waals surface area contributed by atoms with Gasteiger partial charge in [0.05, 0.1) is 36.2 Å². The fraction of sp³-hybridized carbons (Fsp3) is 0.351. The van der Waals surface area contributed by atoms with Crippen LogP contribution in [0.3, 0.4) is 0 Å². The highest BCUT2D eigenvalue weighted by molar-refractivity contribution is 6.03. The first-order chi connectivity index (χ1) is 70.4. The molecule has 5 atom stereocenters. The van der Waals surface area contributed by atoms with Gasteiger partial charge in [-0.1, -0.05) is 224 Å². The monoisotopic (exact) mass is 1960 g/mol. The van der Waals surface area contributed by atoms with Crippen LogP contribution < -0.4 is 31.3 Å². The zero-order valence-electron chi connectivity index (χ0n) is 89.8. The summed E-state index contributed by atoms with van der Waals surface area (Å²) < 4.78 is 15.2. The van der Waals surface area contributed by atoms with E-state index in [1.165, 1.54) is 157 Å². The number of rotatable bonds is 32. The number of aliphatic carboxylic acids is 1. The van der Waals surface area contributed by atoms with Crippen molar-refractivity contribution in [3.8, 4) is 5.75 Å². The molecule has 4 aliphatic carbocycles. The van der Waals surface area contributed by atoms with Crippen LogP contribution in [0.15, 0.2) is 267 Å². The van der Waals surface area contributed by atoms with Gasteiger partial charge in [-0.3, -0.25) is 24.0 Å². The van der Waals surface area contributed by atoms with E-state index in [0.29, 0.717) is 64.9 Å².